The largest absolute Gasteiger partial charge is 0.367 e. The number of rotatable bonds is 4. The topological polar surface area (TPSA) is 60.1 Å². The third-order valence-electron chi connectivity index (χ3n) is 3.07. The van der Waals surface area contributed by atoms with Crippen molar-refractivity contribution in [3.8, 4) is 0 Å². The van der Waals surface area contributed by atoms with Crippen molar-refractivity contribution < 1.29 is 4.92 Å². The van der Waals surface area contributed by atoms with Gasteiger partial charge in [-0.15, -0.1) is 11.3 Å². The Labute approximate surface area is 129 Å². The fraction of sp³-hybridized carbons (Fsp3) is 0.0714. The van der Waals surface area contributed by atoms with Crippen molar-refractivity contribution in [1.82, 2.24) is 4.57 Å². The van der Waals surface area contributed by atoms with Crippen LogP contribution in [0.15, 0.2) is 48.5 Å². The number of nitrogens with zero attached hydrogens (tertiary/aromatic N) is 2. The van der Waals surface area contributed by atoms with Gasteiger partial charge in [0.15, 0.2) is 3.95 Å². The lowest BCUT2D eigenvalue weighted by Gasteiger charge is -2.08. The van der Waals surface area contributed by atoms with Crippen LogP contribution in [-0.4, -0.2) is 9.49 Å². The summed E-state index contributed by atoms with van der Waals surface area (Å²) in [6, 6.07) is 14.4. The normalized spacial score (nSPS) is 10.7. The number of anilines is 1. The molecule has 0 fully saturated rings. The van der Waals surface area contributed by atoms with Gasteiger partial charge in [0.05, 0.1) is 21.8 Å². The predicted molar refractivity (Wildman–Crippen MR) is 87.4 cm³/mol. The highest BCUT2D eigenvalue weighted by Crippen LogP contribution is 2.23. The van der Waals surface area contributed by atoms with Crippen molar-refractivity contribution in [2.75, 3.05) is 5.32 Å². The number of hydrogen-bond acceptors (Lipinski definition) is 5. The molecule has 0 saturated carbocycles. The maximum atomic E-state index is 10.8. The fourth-order valence-electron chi connectivity index (χ4n) is 2.06. The van der Waals surface area contributed by atoms with Gasteiger partial charge >= 0.3 is 0 Å². The molecule has 0 saturated heterocycles. The van der Waals surface area contributed by atoms with Gasteiger partial charge in [0.2, 0.25) is 0 Å². The summed E-state index contributed by atoms with van der Waals surface area (Å²) >= 11 is 6.92. The van der Waals surface area contributed by atoms with Crippen LogP contribution in [0.1, 0.15) is 0 Å². The first kappa shape index (κ1) is 13.7. The number of benzene rings is 2. The smallest absolute Gasteiger partial charge is 0.271 e. The Balaban J connectivity index is 1.87. The summed E-state index contributed by atoms with van der Waals surface area (Å²) in [6.45, 7) is 0.476. The number of nitro groups is 1. The molecule has 0 bridgehead atoms. The Bertz CT molecular complexity index is 870. The Kier molecular flexibility index (Phi) is 3.68. The lowest BCUT2D eigenvalue weighted by atomic mass is 10.3. The van der Waals surface area contributed by atoms with Crippen LogP contribution in [-0.2, 0) is 6.67 Å². The lowest BCUT2D eigenvalue weighted by Crippen LogP contribution is -2.07. The minimum Gasteiger partial charge on any atom is -0.367 e. The van der Waals surface area contributed by atoms with E-state index in [1.807, 2.05) is 28.8 Å². The first-order chi connectivity index (χ1) is 10.1. The SMILES string of the molecule is O=[N+]([O-])c1cccc(NCn2c(=S)sc3ccccc32)c1. The van der Waals surface area contributed by atoms with E-state index in [1.54, 1.807) is 23.5 Å². The van der Waals surface area contributed by atoms with E-state index in [-0.39, 0.29) is 5.69 Å². The molecule has 1 heterocycles. The minimum absolute atomic E-state index is 0.0683. The summed E-state index contributed by atoms with van der Waals surface area (Å²) in [5.74, 6) is 0. The summed E-state index contributed by atoms with van der Waals surface area (Å²) in [5, 5.41) is 13.9. The van der Waals surface area contributed by atoms with Crippen LogP contribution in [0.25, 0.3) is 10.2 Å². The Morgan fingerprint density at radius 3 is 2.86 bits per heavy atom. The molecular weight excluding hydrogens is 306 g/mol. The molecule has 5 nitrogen and oxygen atoms in total. The highest BCUT2D eigenvalue weighted by Gasteiger charge is 2.07. The van der Waals surface area contributed by atoms with E-state index in [0.29, 0.717) is 12.4 Å². The van der Waals surface area contributed by atoms with E-state index in [2.05, 4.69) is 5.32 Å². The van der Waals surface area contributed by atoms with E-state index in [1.165, 1.54) is 12.1 Å². The number of aromatic nitrogens is 1. The van der Waals surface area contributed by atoms with Gasteiger partial charge in [0.1, 0.15) is 0 Å². The molecule has 0 aliphatic rings. The van der Waals surface area contributed by atoms with Gasteiger partial charge in [-0.3, -0.25) is 10.1 Å². The molecule has 3 rings (SSSR count). The standard InChI is InChI=1S/C14H11N3O2S2/c18-17(19)11-5-3-4-10(8-11)15-9-16-12-6-1-2-7-13(12)21-14(16)20/h1-8,15H,9H2. The molecule has 21 heavy (non-hydrogen) atoms. The van der Waals surface area contributed by atoms with Gasteiger partial charge in [-0.25, -0.2) is 0 Å². The van der Waals surface area contributed by atoms with Crippen molar-refractivity contribution in [2.45, 2.75) is 6.67 Å². The quantitative estimate of drug-likeness (QED) is 0.440. The molecule has 0 amide bonds. The van der Waals surface area contributed by atoms with Crippen LogP contribution in [0.4, 0.5) is 11.4 Å². The Morgan fingerprint density at radius 2 is 2.05 bits per heavy atom. The molecular formula is C14H11N3O2S2. The van der Waals surface area contributed by atoms with Crippen LogP contribution >= 0.6 is 23.6 Å². The Hall–Kier alpha value is -2.25. The number of para-hydroxylation sites is 1. The number of fused-ring (bicyclic) bond motifs is 1. The molecule has 0 spiro atoms. The molecule has 1 N–H and O–H groups in total. The predicted octanol–water partition coefficient (Wildman–Crippen LogP) is 4.41. The average molecular weight is 317 g/mol. The lowest BCUT2D eigenvalue weighted by molar-refractivity contribution is -0.384. The van der Waals surface area contributed by atoms with Crippen LogP contribution in [0.3, 0.4) is 0 Å². The zero-order chi connectivity index (χ0) is 14.8. The molecule has 0 radical (unpaired) electrons. The van der Waals surface area contributed by atoms with E-state index >= 15 is 0 Å². The number of hydrogen-bond donors (Lipinski definition) is 1. The van der Waals surface area contributed by atoms with E-state index in [4.69, 9.17) is 12.2 Å². The molecule has 0 aliphatic heterocycles. The second kappa shape index (κ2) is 5.63. The highest BCUT2D eigenvalue weighted by molar-refractivity contribution is 7.73. The maximum Gasteiger partial charge on any atom is 0.271 e. The maximum absolute atomic E-state index is 10.8. The van der Waals surface area contributed by atoms with Crippen LogP contribution in [0.2, 0.25) is 0 Å². The van der Waals surface area contributed by atoms with Gasteiger partial charge in [0, 0.05) is 17.8 Å². The summed E-state index contributed by atoms with van der Waals surface area (Å²) in [5.41, 5.74) is 1.82. The van der Waals surface area contributed by atoms with E-state index in [9.17, 15) is 10.1 Å². The summed E-state index contributed by atoms with van der Waals surface area (Å²) in [4.78, 5) is 10.4. The Morgan fingerprint density at radius 1 is 1.24 bits per heavy atom. The van der Waals surface area contributed by atoms with Crippen molar-refractivity contribution in [2.24, 2.45) is 0 Å². The molecule has 0 aliphatic carbocycles. The van der Waals surface area contributed by atoms with Crippen molar-refractivity contribution >= 4 is 45.1 Å². The second-order valence-corrected chi connectivity index (χ2v) is 6.08. The van der Waals surface area contributed by atoms with Gasteiger partial charge in [-0.2, -0.15) is 0 Å². The average Bonchev–Trinajstić information content (AvgIpc) is 2.81. The highest BCUT2D eigenvalue weighted by atomic mass is 32.1. The molecule has 7 heteroatoms. The van der Waals surface area contributed by atoms with Crippen LogP contribution in [0.5, 0.6) is 0 Å². The first-order valence-corrected chi connectivity index (χ1v) is 7.44. The number of nitrogens with one attached hydrogen (secondary N) is 1. The number of thiazole rings is 1. The van der Waals surface area contributed by atoms with E-state index in [0.717, 1.165) is 14.2 Å². The number of non-ortho nitro benzene ring substituents is 1. The molecule has 0 unspecified atom stereocenters. The summed E-state index contributed by atoms with van der Waals surface area (Å²) in [6.07, 6.45) is 0. The van der Waals surface area contributed by atoms with Crippen molar-refractivity contribution in [1.29, 1.82) is 0 Å². The molecule has 1 aromatic heterocycles. The number of nitro benzene ring substituents is 1. The first-order valence-electron chi connectivity index (χ1n) is 6.22. The summed E-state index contributed by atoms with van der Waals surface area (Å²) < 4.78 is 3.88. The van der Waals surface area contributed by atoms with Gasteiger partial charge in [0.25, 0.3) is 5.69 Å². The van der Waals surface area contributed by atoms with Gasteiger partial charge < -0.3 is 9.88 Å². The molecule has 2 aromatic carbocycles. The third-order valence-corrected chi connectivity index (χ3v) is 4.50. The zero-order valence-corrected chi connectivity index (χ0v) is 12.5. The zero-order valence-electron chi connectivity index (χ0n) is 10.9. The van der Waals surface area contributed by atoms with Gasteiger partial charge in [-0.05, 0) is 30.4 Å². The van der Waals surface area contributed by atoms with Crippen molar-refractivity contribution in [3.05, 3.63) is 62.6 Å². The van der Waals surface area contributed by atoms with E-state index < -0.39 is 4.92 Å². The minimum atomic E-state index is -0.406. The molecule has 3 aromatic rings. The third kappa shape index (κ3) is 2.79. The summed E-state index contributed by atoms with van der Waals surface area (Å²) in [7, 11) is 0. The van der Waals surface area contributed by atoms with Crippen LogP contribution < -0.4 is 5.32 Å². The monoisotopic (exact) mass is 317 g/mol. The van der Waals surface area contributed by atoms with Gasteiger partial charge in [-0.1, -0.05) is 18.2 Å². The second-order valence-electron chi connectivity index (χ2n) is 4.41. The van der Waals surface area contributed by atoms with Crippen LogP contribution in [0, 0.1) is 14.1 Å². The molecule has 0 atom stereocenters. The molecule has 106 valence electrons. The fourth-order valence-corrected chi connectivity index (χ4v) is 3.39. The van der Waals surface area contributed by atoms with Crippen molar-refractivity contribution in [3.63, 3.8) is 0 Å².